The maximum absolute atomic E-state index is 10.3. The molecule has 0 spiro atoms. The number of allylic oxidation sites excluding steroid dienone is 1. The molecule has 300 valence electrons. The number of fused-ring (bicyclic) bond motifs is 1. The quantitative estimate of drug-likeness (QED) is 0.0310. The van der Waals surface area contributed by atoms with Gasteiger partial charge in [0, 0.05) is 19.2 Å². The molecule has 2 aliphatic heterocycles. The van der Waals surface area contributed by atoms with Crippen molar-refractivity contribution in [3.63, 3.8) is 0 Å². The van der Waals surface area contributed by atoms with Crippen molar-refractivity contribution in [2.45, 2.75) is 190 Å². The van der Waals surface area contributed by atoms with E-state index in [-0.39, 0.29) is 35.8 Å². The Hall–Kier alpha value is -1.80. The van der Waals surface area contributed by atoms with Gasteiger partial charge in [-0.25, -0.2) is 0 Å². The Morgan fingerprint density at radius 3 is 2.06 bits per heavy atom. The standard InChI is InChI=1S/C41H72N2O9/c1-29(42)36(51-41-40(49)39(48)38(47)37(28-44)52-41)23-19-15-10-8-6-4-3-5-7-9-12-16-20-31(50-2)21-17-13-11-14-18-22-33-32-27-35(46)34(45)26-30(32)24-25-43-33/h16,20,26-27,29,31,33,36-41,43-49H,3-15,17-19,21-25,28,42H2,1-2H3/b20-16+/t29-,31?,33?,36-,37-,38-,39+,40-,41-/m1/s1. The summed E-state index contributed by atoms with van der Waals surface area (Å²) >= 11 is 0. The lowest BCUT2D eigenvalue weighted by atomic mass is 9.90. The zero-order valence-electron chi connectivity index (χ0n) is 32.0. The molecular formula is C41H72N2O9. The monoisotopic (exact) mass is 737 g/mol. The van der Waals surface area contributed by atoms with Crippen molar-refractivity contribution in [2.24, 2.45) is 5.73 Å². The van der Waals surface area contributed by atoms with Crippen LogP contribution >= 0.6 is 0 Å². The molecule has 0 aromatic heterocycles. The lowest BCUT2D eigenvalue weighted by molar-refractivity contribution is -0.312. The van der Waals surface area contributed by atoms with Gasteiger partial charge in [-0.05, 0) is 75.3 Å². The first kappa shape index (κ1) is 44.6. The Morgan fingerprint density at radius 1 is 0.827 bits per heavy atom. The largest absolute Gasteiger partial charge is 0.504 e. The number of aliphatic hydroxyl groups is 4. The highest BCUT2D eigenvalue weighted by Crippen LogP contribution is 2.35. The van der Waals surface area contributed by atoms with Crippen LogP contribution in [0, 0.1) is 0 Å². The molecule has 0 bridgehead atoms. The smallest absolute Gasteiger partial charge is 0.187 e. The molecule has 52 heavy (non-hydrogen) atoms. The van der Waals surface area contributed by atoms with Gasteiger partial charge in [0.1, 0.15) is 24.4 Å². The van der Waals surface area contributed by atoms with Crippen molar-refractivity contribution in [1.82, 2.24) is 5.32 Å². The summed E-state index contributed by atoms with van der Waals surface area (Å²) in [6.45, 7) is 2.27. The maximum atomic E-state index is 10.3. The van der Waals surface area contributed by atoms with Crippen LogP contribution in [0.15, 0.2) is 24.3 Å². The van der Waals surface area contributed by atoms with E-state index in [0.717, 1.165) is 69.0 Å². The number of aliphatic hydroxyl groups excluding tert-OH is 4. The molecule has 11 nitrogen and oxygen atoms in total. The topological polar surface area (TPSA) is 187 Å². The molecule has 0 amide bonds. The van der Waals surface area contributed by atoms with E-state index < -0.39 is 37.3 Å². The molecule has 1 fully saturated rings. The molecule has 0 radical (unpaired) electrons. The van der Waals surface area contributed by atoms with Gasteiger partial charge in [-0.15, -0.1) is 0 Å². The number of rotatable bonds is 27. The van der Waals surface area contributed by atoms with Gasteiger partial charge < -0.3 is 55.9 Å². The second kappa shape index (κ2) is 25.3. The number of hydrogen-bond donors (Lipinski definition) is 8. The number of hydrogen-bond acceptors (Lipinski definition) is 11. The lowest BCUT2D eigenvalue weighted by Gasteiger charge is -2.41. The summed E-state index contributed by atoms with van der Waals surface area (Å²) in [6.07, 6.45) is 20.7. The SMILES string of the molecule is COC(/C=C/CCCCCCCCCCCC[C@@H](O[C@@H]1O[C@H](CO)[C@@H](O)[C@H](O)[C@H]1O)[C@@H](C)N)CCCCCCCC1NCCc2cc(O)c(O)cc21. The third kappa shape index (κ3) is 15.5. The molecule has 0 aliphatic carbocycles. The summed E-state index contributed by atoms with van der Waals surface area (Å²) < 4.78 is 17.1. The summed E-state index contributed by atoms with van der Waals surface area (Å²) in [7, 11) is 1.81. The van der Waals surface area contributed by atoms with E-state index >= 15 is 0 Å². The normalized spacial score (nSPS) is 25.3. The van der Waals surface area contributed by atoms with Crippen LogP contribution in [0.25, 0.3) is 0 Å². The number of phenolic OH excluding ortho intramolecular Hbond substituents is 2. The minimum absolute atomic E-state index is 0.0218. The van der Waals surface area contributed by atoms with Crippen molar-refractivity contribution in [3.8, 4) is 11.5 Å². The van der Waals surface area contributed by atoms with Gasteiger partial charge >= 0.3 is 0 Å². The van der Waals surface area contributed by atoms with E-state index in [1.165, 1.54) is 70.6 Å². The minimum atomic E-state index is -1.45. The molecule has 1 aromatic carbocycles. The number of aromatic hydroxyl groups is 2. The third-order valence-electron chi connectivity index (χ3n) is 10.9. The fourth-order valence-electron chi connectivity index (χ4n) is 7.52. The first-order chi connectivity index (χ1) is 25.2. The first-order valence-electron chi connectivity index (χ1n) is 20.3. The number of methoxy groups -OCH3 is 1. The van der Waals surface area contributed by atoms with E-state index in [0.29, 0.717) is 6.42 Å². The molecule has 1 aromatic rings. The van der Waals surface area contributed by atoms with Crippen LogP contribution in [0.3, 0.4) is 0 Å². The Bertz CT molecular complexity index is 1120. The highest BCUT2D eigenvalue weighted by atomic mass is 16.7. The molecule has 3 rings (SSSR count). The molecule has 2 unspecified atom stereocenters. The van der Waals surface area contributed by atoms with E-state index in [1.54, 1.807) is 19.2 Å². The number of unbranched alkanes of at least 4 members (excludes halogenated alkanes) is 14. The van der Waals surface area contributed by atoms with Gasteiger partial charge in [0.05, 0.1) is 18.8 Å². The zero-order chi connectivity index (χ0) is 37.7. The van der Waals surface area contributed by atoms with Crippen LogP contribution in [0.1, 0.15) is 146 Å². The zero-order valence-corrected chi connectivity index (χ0v) is 32.0. The Kier molecular flexibility index (Phi) is 21.7. The van der Waals surface area contributed by atoms with Crippen LogP contribution in [-0.2, 0) is 20.6 Å². The molecule has 2 aliphatic rings. The first-order valence-corrected chi connectivity index (χ1v) is 20.3. The molecule has 0 saturated carbocycles. The van der Waals surface area contributed by atoms with Crippen LogP contribution in [0.4, 0.5) is 0 Å². The summed E-state index contributed by atoms with van der Waals surface area (Å²) in [5.74, 6) is -0.0493. The van der Waals surface area contributed by atoms with Gasteiger partial charge in [0.2, 0.25) is 0 Å². The van der Waals surface area contributed by atoms with Gasteiger partial charge in [-0.2, -0.15) is 0 Å². The summed E-state index contributed by atoms with van der Waals surface area (Å²) in [5, 5.41) is 63.0. The lowest BCUT2D eigenvalue weighted by Crippen LogP contribution is -2.60. The maximum Gasteiger partial charge on any atom is 0.187 e. The van der Waals surface area contributed by atoms with E-state index in [1.807, 2.05) is 6.92 Å². The summed E-state index contributed by atoms with van der Waals surface area (Å²) in [5.41, 5.74) is 8.40. The van der Waals surface area contributed by atoms with Crippen LogP contribution in [0.2, 0.25) is 0 Å². The van der Waals surface area contributed by atoms with Gasteiger partial charge in [0.15, 0.2) is 17.8 Å². The van der Waals surface area contributed by atoms with Crippen molar-refractivity contribution in [2.75, 3.05) is 20.3 Å². The third-order valence-corrected chi connectivity index (χ3v) is 10.9. The second-order valence-corrected chi connectivity index (χ2v) is 15.2. The van der Waals surface area contributed by atoms with Crippen LogP contribution < -0.4 is 11.1 Å². The molecule has 1 saturated heterocycles. The van der Waals surface area contributed by atoms with Gasteiger partial charge in [0.25, 0.3) is 0 Å². The van der Waals surface area contributed by atoms with Crippen molar-refractivity contribution in [3.05, 3.63) is 35.4 Å². The predicted molar refractivity (Wildman–Crippen MR) is 204 cm³/mol. The van der Waals surface area contributed by atoms with Crippen molar-refractivity contribution < 1.29 is 44.8 Å². The summed E-state index contributed by atoms with van der Waals surface area (Å²) in [6, 6.07) is 3.42. The van der Waals surface area contributed by atoms with Crippen molar-refractivity contribution >= 4 is 0 Å². The fraction of sp³-hybridized carbons (Fsp3) is 0.805. The molecule has 9 atom stereocenters. The molecular weight excluding hydrogens is 664 g/mol. The average molecular weight is 737 g/mol. The number of nitrogens with two attached hydrogens (primary N) is 1. The van der Waals surface area contributed by atoms with E-state index in [4.69, 9.17) is 19.9 Å². The highest BCUT2D eigenvalue weighted by molar-refractivity contribution is 5.47. The average Bonchev–Trinajstić information content (AvgIpc) is 3.13. The Balaban J connectivity index is 1.12. The van der Waals surface area contributed by atoms with Crippen LogP contribution in [0.5, 0.6) is 11.5 Å². The molecule has 9 N–H and O–H groups in total. The van der Waals surface area contributed by atoms with Gasteiger partial charge in [-0.3, -0.25) is 0 Å². The van der Waals surface area contributed by atoms with E-state index in [9.17, 15) is 30.6 Å². The number of ether oxygens (including phenoxy) is 3. The number of nitrogens with one attached hydrogen (secondary N) is 1. The van der Waals surface area contributed by atoms with Crippen molar-refractivity contribution in [1.29, 1.82) is 0 Å². The number of benzene rings is 1. The summed E-state index contributed by atoms with van der Waals surface area (Å²) in [4.78, 5) is 0. The minimum Gasteiger partial charge on any atom is -0.504 e. The predicted octanol–water partition coefficient (Wildman–Crippen LogP) is 5.80. The molecule has 2 heterocycles. The molecule has 11 heteroatoms. The second-order valence-electron chi connectivity index (χ2n) is 15.2. The van der Waals surface area contributed by atoms with Crippen LogP contribution in [-0.4, -0.2) is 99.9 Å². The number of phenols is 2. The van der Waals surface area contributed by atoms with E-state index in [2.05, 4.69) is 17.5 Å². The Morgan fingerprint density at radius 2 is 1.42 bits per heavy atom. The highest BCUT2D eigenvalue weighted by Gasteiger charge is 2.45. The van der Waals surface area contributed by atoms with Gasteiger partial charge in [-0.1, -0.05) is 102 Å². The Labute approximate surface area is 312 Å². The fourth-order valence-corrected chi connectivity index (χ4v) is 7.52.